The van der Waals surface area contributed by atoms with Crippen molar-refractivity contribution in [3.05, 3.63) is 53.1 Å². The number of carbonyl (C=O) groups is 2. The fourth-order valence-electron chi connectivity index (χ4n) is 3.53. The highest BCUT2D eigenvalue weighted by atomic mass is 16.5. The van der Waals surface area contributed by atoms with Crippen LogP contribution in [0.2, 0.25) is 0 Å². The zero-order valence-electron chi connectivity index (χ0n) is 16.6. The standard InChI is InChI=1S/C22H26N2O4/c1-15-19(27-2)13-17(14-20(15)28-3)22(26)23-11-10-21(25)24-12-6-8-16-7-4-5-9-18(16)24/h4-5,7,9,13-14H,6,8,10-12H2,1-3H3,(H,23,26). The van der Waals surface area contributed by atoms with Crippen LogP contribution in [0.15, 0.2) is 36.4 Å². The number of aryl methyl sites for hydroxylation is 1. The smallest absolute Gasteiger partial charge is 0.251 e. The van der Waals surface area contributed by atoms with E-state index in [1.165, 1.54) is 5.56 Å². The lowest BCUT2D eigenvalue weighted by atomic mass is 10.0. The number of nitrogens with one attached hydrogen (secondary N) is 1. The van der Waals surface area contributed by atoms with Gasteiger partial charge in [-0.2, -0.15) is 0 Å². The van der Waals surface area contributed by atoms with Gasteiger partial charge in [0, 0.05) is 36.3 Å². The van der Waals surface area contributed by atoms with Crippen LogP contribution in [0.1, 0.15) is 34.3 Å². The average Bonchev–Trinajstić information content (AvgIpc) is 2.73. The number of amides is 2. The van der Waals surface area contributed by atoms with Gasteiger partial charge in [-0.3, -0.25) is 9.59 Å². The summed E-state index contributed by atoms with van der Waals surface area (Å²) in [4.78, 5) is 27.0. The van der Waals surface area contributed by atoms with Gasteiger partial charge in [0.25, 0.3) is 5.91 Å². The van der Waals surface area contributed by atoms with Crippen LogP contribution < -0.4 is 19.7 Å². The van der Waals surface area contributed by atoms with Gasteiger partial charge in [0.15, 0.2) is 0 Å². The Balaban J connectivity index is 1.61. The number of carbonyl (C=O) groups excluding carboxylic acids is 2. The summed E-state index contributed by atoms with van der Waals surface area (Å²) < 4.78 is 10.6. The highest BCUT2D eigenvalue weighted by Gasteiger charge is 2.22. The van der Waals surface area contributed by atoms with E-state index in [-0.39, 0.29) is 24.8 Å². The number of hydrogen-bond acceptors (Lipinski definition) is 4. The molecule has 0 radical (unpaired) electrons. The van der Waals surface area contributed by atoms with Crippen molar-refractivity contribution < 1.29 is 19.1 Å². The molecular formula is C22H26N2O4. The van der Waals surface area contributed by atoms with Gasteiger partial charge < -0.3 is 19.7 Å². The van der Waals surface area contributed by atoms with Crippen LogP contribution in [-0.2, 0) is 11.2 Å². The molecule has 0 saturated carbocycles. The maximum absolute atomic E-state index is 12.7. The SMILES string of the molecule is COc1cc(C(=O)NCCC(=O)N2CCCc3ccccc32)cc(OC)c1C. The molecule has 1 aliphatic rings. The lowest BCUT2D eigenvalue weighted by molar-refractivity contribution is -0.118. The average molecular weight is 382 g/mol. The summed E-state index contributed by atoms with van der Waals surface area (Å²) >= 11 is 0. The van der Waals surface area contributed by atoms with Crippen LogP contribution in [-0.4, -0.2) is 39.1 Å². The maximum Gasteiger partial charge on any atom is 0.251 e. The minimum Gasteiger partial charge on any atom is -0.496 e. The van der Waals surface area contributed by atoms with Crippen LogP contribution >= 0.6 is 0 Å². The molecule has 0 atom stereocenters. The van der Waals surface area contributed by atoms with E-state index in [0.717, 1.165) is 30.6 Å². The minimum atomic E-state index is -0.261. The van der Waals surface area contributed by atoms with E-state index >= 15 is 0 Å². The molecular weight excluding hydrogens is 356 g/mol. The Bertz CT molecular complexity index is 854. The lowest BCUT2D eigenvalue weighted by Crippen LogP contribution is -2.37. The van der Waals surface area contributed by atoms with Crippen LogP contribution in [0.5, 0.6) is 11.5 Å². The molecule has 1 N–H and O–H groups in total. The molecule has 0 fully saturated rings. The van der Waals surface area contributed by atoms with Crippen molar-refractivity contribution in [3.63, 3.8) is 0 Å². The number of benzene rings is 2. The van der Waals surface area contributed by atoms with Gasteiger partial charge in [0.05, 0.1) is 14.2 Å². The molecule has 0 bridgehead atoms. The molecule has 0 saturated heterocycles. The Morgan fingerprint density at radius 2 is 1.79 bits per heavy atom. The van der Waals surface area contributed by atoms with Crippen LogP contribution in [0.25, 0.3) is 0 Å². The van der Waals surface area contributed by atoms with Crippen molar-refractivity contribution in [3.8, 4) is 11.5 Å². The zero-order valence-corrected chi connectivity index (χ0v) is 16.6. The topological polar surface area (TPSA) is 67.9 Å². The van der Waals surface area contributed by atoms with Crippen molar-refractivity contribution in [2.75, 3.05) is 32.2 Å². The quantitative estimate of drug-likeness (QED) is 0.834. The number of hydrogen-bond donors (Lipinski definition) is 1. The highest BCUT2D eigenvalue weighted by molar-refractivity contribution is 5.97. The van der Waals surface area contributed by atoms with Gasteiger partial charge >= 0.3 is 0 Å². The molecule has 0 aromatic heterocycles. The Morgan fingerprint density at radius 1 is 1.11 bits per heavy atom. The molecule has 1 aliphatic heterocycles. The molecule has 6 heteroatoms. The van der Waals surface area contributed by atoms with E-state index < -0.39 is 0 Å². The van der Waals surface area contributed by atoms with Crippen molar-refractivity contribution in [2.24, 2.45) is 0 Å². The van der Waals surface area contributed by atoms with Crippen molar-refractivity contribution in [1.29, 1.82) is 0 Å². The molecule has 28 heavy (non-hydrogen) atoms. The number of ether oxygens (including phenoxy) is 2. The molecule has 6 nitrogen and oxygen atoms in total. The third-order valence-corrected chi connectivity index (χ3v) is 5.05. The summed E-state index contributed by atoms with van der Waals surface area (Å²) in [5.74, 6) is 0.936. The largest absolute Gasteiger partial charge is 0.496 e. The molecule has 0 unspecified atom stereocenters. The van der Waals surface area contributed by atoms with Gasteiger partial charge in [0.2, 0.25) is 5.91 Å². The van der Waals surface area contributed by atoms with Crippen molar-refractivity contribution in [2.45, 2.75) is 26.2 Å². The molecule has 148 valence electrons. The molecule has 1 heterocycles. The molecule has 2 aromatic carbocycles. The third-order valence-electron chi connectivity index (χ3n) is 5.05. The maximum atomic E-state index is 12.7. The monoisotopic (exact) mass is 382 g/mol. The van der Waals surface area contributed by atoms with Crippen molar-refractivity contribution >= 4 is 17.5 Å². The first-order valence-corrected chi connectivity index (χ1v) is 9.44. The third kappa shape index (κ3) is 4.11. The molecule has 2 aromatic rings. The van der Waals surface area contributed by atoms with Crippen LogP contribution in [0.4, 0.5) is 5.69 Å². The van der Waals surface area contributed by atoms with Gasteiger partial charge in [-0.25, -0.2) is 0 Å². The summed E-state index contributed by atoms with van der Waals surface area (Å²) in [6.07, 6.45) is 2.20. The molecule has 0 spiro atoms. The number of fused-ring (bicyclic) bond motifs is 1. The van der Waals surface area contributed by atoms with E-state index in [1.54, 1.807) is 26.4 Å². The highest BCUT2D eigenvalue weighted by Crippen LogP contribution is 2.29. The number of methoxy groups -OCH3 is 2. The summed E-state index contributed by atoms with van der Waals surface area (Å²) in [5, 5.41) is 2.82. The summed E-state index contributed by atoms with van der Waals surface area (Å²) in [7, 11) is 3.11. The first-order chi connectivity index (χ1) is 13.5. The first kappa shape index (κ1) is 19.7. The van der Waals surface area contributed by atoms with Gasteiger partial charge in [-0.15, -0.1) is 0 Å². The molecule has 0 aliphatic carbocycles. The number of para-hydroxylation sites is 1. The van der Waals surface area contributed by atoms with Gasteiger partial charge in [-0.1, -0.05) is 18.2 Å². The van der Waals surface area contributed by atoms with E-state index in [1.807, 2.05) is 30.0 Å². The predicted octanol–water partition coefficient (Wildman–Crippen LogP) is 3.11. The minimum absolute atomic E-state index is 0.0199. The van der Waals surface area contributed by atoms with Crippen LogP contribution in [0.3, 0.4) is 0 Å². The van der Waals surface area contributed by atoms with E-state index in [2.05, 4.69) is 11.4 Å². The fourth-order valence-corrected chi connectivity index (χ4v) is 3.53. The van der Waals surface area contributed by atoms with Gasteiger partial charge in [-0.05, 0) is 43.5 Å². The zero-order chi connectivity index (χ0) is 20.1. The lowest BCUT2D eigenvalue weighted by Gasteiger charge is -2.29. The van der Waals surface area contributed by atoms with Gasteiger partial charge in [0.1, 0.15) is 11.5 Å². The first-order valence-electron chi connectivity index (χ1n) is 9.44. The fraction of sp³-hybridized carbons (Fsp3) is 0.364. The van der Waals surface area contributed by atoms with Crippen molar-refractivity contribution in [1.82, 2.24) is 5.32 Å². The molecule has 3 rings (SSSR count). The number of rotatable bonds is 6. The normalized spacial score (nSPS) is 12.9. The Hall–Kier alpha value is -3.02. The van der Waals surface area contributed by atoms with E-state index in [9.17, 15) is 9.59 Å². The number of anilines is 1. The second-order valence-electron chi connectivity index (χ2n) is 6.79. The Kier molecular flexibility index (Phi) is 6.19. The second-order valence-corrected chi connectivity index (χ2v) is 6.79. The summed E-state index contributed by atoms with van der Waals surface area (Å²) in [5.41, 5.74) is 3.46. The van der Waals surface area contributed by atoms with E-state index in [0.29, 0.717) is 17.1 Å². The molecule has 2 amide bonds. The Labute approximate surface area is 165 Å². The second kappa shape index (κ2) is 8.78. The Morgan fingerprint density at radius 3 is 2.46 bits per heavy atom. The summed E-state index contributed by atoms with van der Waals surface area (Å²) in [6.45, 7) is 2.86. The van der Waals surface area contributed by atoms with Crippen LogP contribution in [0, 0.1) is 6.92 Å². The number of nitrogens with zero attached hydrogens (tertiary/aromatic N) is 1. The summed E-state index contributed by atoms with van der Waals surface area (Å²) in [6, 6.07) is 11.3. The van der Waals surface area contributed by atoms with E-state index in [4.69, 9.17) is 9.47 Å². The predicted molar refractivity (Wildman–Crippen MR) is 108 cm³/mol.